The van der Waals surface area contributed by atoms with Gasteiger partial charge in [-0.1, -0.05) is 18.2 Å². The number of alkyl halides is 3. The van der Waals surface area contributed by atoms with Crippen molar-refractivity contribution < 1.29 is 22.7 Å². The first-order valence-corrected chi connectivity index (χ1v) is 6.71. The van der Waals surface area contributed by atoms with E-state index in [-0.39, 0.29) is 11.1 Å². The molecule has 0 saturated carbocycles. The molecule has 0 heterocycles. The number of nitrogens with one attached hydrogen (secondary N) is 1. The lowest BCUT2D eigenvalue weighted by Crippen LogP contribution is -2.17. The molecule has 0 unspecified atom stereocenters. The number of carbonyl (C=O) groups is 1. The number of rotatable bonds is 5. The van der Waals surface area contributed by atoms with Gasteiger partial charge in [-0.05, 0) is 36.4 Å². The van der Waals surface area contributed by atoms with Crippen LogP contribution in [0.3, 0.4) is 0 Å². The molecule has 7 heteroatoms. The van der Waals surface area contributed by atoms with Crippen LogP contribution in [-0.4, -0.2) is 12.1 Å². The summed E-state index contributed by atoms with van der Waals surface area (Å²) in [5.74, 6) is -1.05. The number of Topliss-reactive ketones (excluding diaryl/α,β-unsaturated/α-hetero) is 1. The fraction of sp³-hybridized carbons (Fsp3) is 0.0588. The molecule has 0 aliphatic carbocycles. The zero-order valence-corrected chi connectivity index (χ0v) is 12.2. The van der Waals surface area contributed by atoms with Crippen LogP contribution in [0.2, 0.25) is 0 Å². The summed E-state index contributed by atoms with van der Waals surface area (Å²) in [5, 5.41) is 11.9. The summed E-state index contributed by atoms with van der Waals surface area (Å²) in [4.78, 5) is 12.2. The number of hydrogen-bond acceptors (Lipinski definition) is 4. The Bertz CT molecular complexity index is 776. The van der Waals surface area contributed by atoms with Crippen molar-refractivity contribution in [1.82, 2.24) is 0 Å². The third-order valence-electron chi connectivity index (χ3n) is 2.87. The summed E-state index contributed by atoms with van der Waals surface area (Å²) in [6, 6.07) is 15.0. The van der Waals surface area contributed by atoms with Gasteiger partial charge in [0, 0.05) is 17.5 Å². The Morgan fingerprint density at radius 1 is 1.08 bits per heavy atom. The number of anilines is 1. The van der Waals surface area contributed by atoms with E-state index in [9.17, 15) is 18.0 Å². The van der Waals surface area contributed by atoms with Gasteiger partial charge < -0.3 is 10.1 Å². The van der Waals surface area contributed by atoms with Crippen LogP contribution in [0.4, 0.5) is 18.9 Å². The van der Waals surface area contributed by atoms with E-state index < -0.39 is 17.9 Å². The molecule has 0 aliphatic rings. The quantitative estimate of drug-likeness (QED) is 0.504. The Labute approximate surface area is 135 Å². The molecule has 0 saturated heterocycles. The normalized spacial score (nSPS) is 11.5. The average molecular weight is 332 g/mol. The topological polar surface area (TPSA) is 62.1 Å². The first-order chi connectivity index (χ1) is 11.4. The molecular formula is C17H11F3N2O2. The highest BCUT2D eigenvalue weighted by Crippen LogP contribution is 2.23. The van der Waals surface area contributed by atoms with E-state index in [2.05, 4.69) is 10.1 Å². The van der Waals surface area contributed by atoms with Crippen LogP contribution in [0.5, 0.6) is 5.75 Å². The minimum atomic E-state index is -4.80. The summed E-state index contributed by atoms with van der Waals surface area (Å²) in [7, 11) is 0. The van der Waals surface area contributed by atoms with Gasteiger partial charge in [-0.2, -0.15) is 5.26 Å². The van der Waals surface area contributed by atoms with E-state index in [1.807, 2.05) is 6.07 Å². The fourth-order valence-electron chi connectivity index (χ4n) is 1.80. The van der Waals surface area contributed by atoms with Gasteiger partial charge in [0.2, 0.25) is 5.78 Å². The monoisotopic (exact) mass is 332 g/mol. The molecule has 1 N–H and O–H groups in total. The lowest BCUT2D eigenvalue weighted by Gasteiger charge is -2.09. The molecule has 0 spiro atoms. The number of hydrogen-bond donors (Lipinski definition) is 1. The molecule has 0 aliphatic heterocycles. The molecule has 2 rings (SSSR count). The van der Waals surface area contributed by atoms with Crippen molar-refractivity contribution in [3.05, 3.63) is 71.9 Å². The first kappa shape index (κ1) is 17.1. The number of para-hydroxylation sites is 1. The second-order valence-electron chi connectivity index (χ2n) is 4.58. The van der Waals surface area contributed by atoms with Crippen molar-refractivity contribution in [3.8, 4) is 11.8 Å². The number of ketones is 1. The molecule has 0 bridgehead atoms. The molecule has 24 heavy (non-hydrogen) atoms. The highest BCUT2D eigenvalue weighted by Gasteiger charge is 2.31. The van der Waals surface area contributed by atoms with Crippen molar-refractivity contribution in [2.24, 2.45) is 0 Å². The van der Waals surface area contributed by atoms with Crippen LogP contribution >= 0.6 is 0 Å². The van der Waals surface area contributed by atoms with E-state index in [0.29, 0.717) is 5.69 Å². The molecule has 2 aromatic rings. The number of nitrogens with zero attached hydrogens (tertiary/aromatic N) is 1. The smallest absolute Gasteiger partial charge is 0.406 e. The Morgan fingerprint density at radius 3 is 2.25 bits per heavy atom. The third-order valence-corrected chi connectivity index (χ3v) is 2.87. The number of halogens is 3. The van der Waals surface area contributed by atoms with Gasteiger partial charge in [0.1, 0.15) is 17.4 Å². The van der Waals surface area contributed by atoms with Gasteiger partial charge in [0.05, 0.1) is 0 Å². The molecule has 0 radical (unpaired) electrons. The van der Waals surface area contributed by atoms with Gasteiger partial charge in [-0.3, -0.25) is 4.79 Å². The van der Waals surface area contributed by atoms with E-state index >= 15 is 0 Å². The zero-order chi connectivity index (χ0) is 17.6. The molecule has 0 atom stereocenters. The number of carbonyl (C=O) groups excluding carboxylic acids is 1. The first-order valence-electron chi connectivity index (χ1n) is 6.71. The second kappa shape index (κ2) is 7.33. The van der Waals surface area contributed by atoms with Gasteiger partial charge in [0.25, 0.3) is 0 Å². The number of allylic oxidation sites excluding steroid dienone is 1. The summed E-state index contributed by atoms with van der Waals surface area (Å²) in [6.07, 6.45) is -3.55. The molecule has 0 fully saturated rings. The molecule has 4 nitrogen and oxygen atoms in total. The van der Waals surface area contributed by atoms with Crippen LogP contribution < -0.4 is 10.1 Å². The molecule has 2 aromatic carbocycles. The van der Waals surface area contributed by atoms with Crippen molar-refractivity contribution in [1.29, 1.82) is 5.26 Å². The second-order valence-corrected chi connectivity index (χ2v) is 4.58. The largest absolute Gasteiger partial charge is 0.573 e. The Kier molecular flexibility index (Phi) is 5.22. The van der Waals surface area contributed by atoms with Crippen molar-refractivity contribution in [2.45, 2.75) is 6.36 Å². The van der Waals surface area contributed by atoms with Crippen molar-refractivity contribution in [3.63, 3.8) is 0 Å². The maximum Gasteiger partial charge on any atom is 0.573 e. The Balaban J connectivity index is 2.12. The van der Waals surface area contributed by atoms with Gasteiger partial charge in [0.15, 0.2) is 0 Å². The molecule has 0 amide bonds. The predicted molar refractivity (Wildman–Crippen MR) is 81.2 cm³/mol. The van der Waals surface area contributed by atoms with E-state index in [1.54, 1.807) is 30.3 Å². The SMILES string of the molecule is N#C/C(=C/Nc1ccccc1)C(=O)c1ccc(OC(F)(F)F)cc1. The van der Waals surface area contributed by atoms with Crippen LogP contribution in [0, 0.1) is 11.3 Å². The van der Waals surface area contributed by atoms with Crippen LogP contribution in [0.25, 0.3) is 0 Å². The fourth-order valence-corrected chi connectivity index (χ4v) is 1.80. The van der Waals surface area contributed by atoms with Gasteiger partial charge >= 0.3 is 6.36 Å². The highest BCUT2D eigenvalue weighted by molar-refractivity contribution is 6.11. The zero-order valence-electron chi connectivity index (χ0n) is 12.2. The maximum absolute atomic E-state index is 12.2. The predicted octanol–water partition coefficient (Wildman–Crippen LogP) is 4.29. The summed E-state index contributed by atoms with van der Waals surface area (Å²) >= 11 is 0. The number of benzene rings is 2. The van der Waals surface area contributed by atoms with Gasteiger partial charge in [-0.25, -0.2) is 0 Å². The van der Waals surface area contributed by atoms with Crippen LogP contribution in [0.15, 0.2) is 66.4 Å². The highest BCUT2D eigenvalue weighted by atomic mass is 19.4. The van der Waals surface area contributed by atoms with Crippen molar-refractivity contribution in [2.75, 3.05) is 5.32 Å². The Hall–Kier alpha value is -3.27. The van der Waals surface area contributed by atoms with Gasteiger partial charge in [-0.15, -0.1) is 13.2 Å². The van der Waals surface area contributed by atoms with Crippen LogP contribution in [-0.2, 0) is 0 Å². The molecule has 122 valence electrons. The maximum atomic E-state index is 12.2. The standard InChI is InChI=1S/C17H11F3N2O2/c18-17(19,20)24-15-8-6-12(7-9-15)16(23)13(10-21)11-22-14-4-2-1-3-5-14/h1-9,11,22H/b13-11-. The summed E-state index contributed by atoms with van der Waals surface area (Å²) in [6.45, 7) is 0. The number of ether oxygens (including phenoxy) is 1. The lowest BCUT2D eigenvalue weighted by molar-refractivity contribution is -0.274. The van der Waals surface area contributed by atoms with Crippen LogP contribution in [0.1, 0.15) is 10.4 Å². The Morgan fingerprint density at radius 2 is 1.71 bits per heavy atom. The third kappa shape index (κ3) is 4.88. The van der Waals surface area contributed by atoms with E-state index in [0.717, 1.165) is 24.3 Å². The minimum Gasteiger partial charge on any atom is -0.406 e. The van der Waals surface area contributed by atoms with E-state index in [1.165, 1.54) is 6.20 Å². The minimum absolute atomic E-state index is 0.0761. The molecular weight excluding hydrogens is 321 g/mol. The molecule has 0 aromatic heterocycles. The van der Waals surface area contributed by atoms with Crippen molar-refractivity contribution >= 4 is 11.5 Å². The summed E-state index contributed by atoms with van der Waals surface area (Å²) < 4.78 is 40.0. The number of nitriles is 1. The summed E-state index contributed by atoms with van der Waals surface area (Å²) in [5.41, 5.74) is 0.586. The average Bonchev–Trinajstić information content (AvgIpc) is 2.55. The lowest BCUT2D eigenvalue weighted by atomic mass is 10.1. The van der Waals surface area contributed by atoms with E-state index in [4.69, 9.17) is 5.26 Å².